The molecule has 1 aliphatic carbocycles. The molecule has 146 valence electrons. The number of pyridine rings is 2. The largest absolute Gasteiger partial charge is 0.355 e. The molecule has 2 fully saturated rings. The van der Waals surface area contributed by atoms with Gasteiger partial charge in [0.25, 0.3) is 0 Å². The number of nitrogens with zero attached hydrogens (tertiary/aromatic N) is 5. The molecule has 6 rings (SSSR count). The molecule has 5 heterocycles. The fourth-order valence-corrected chi connectivity index (χ4v) is 5.37. The minimum Gasteiger partial charge on any atom is -0.355 e. The molecule has 2 atom stereocenters. The molecule has 1 saturated carbocycles. The molecule has 0 bridgehead atoms. The molecular formula is C21H19ClN6S. The third-order valence-electron chi connectivity index (χ3n) is 5.89. The van der Waals surface area contributed by atoms with Crippen molar-refractivity contribution in [3.05, 3.63) is 41.3 Å². The number of fused-ring (bicyclic) bond motifs is 3. The molecule has 0 amide bonds. The molecule has 0 unspecified atom stereocenters. The average molecular weight is 423 g/mol. The summed E-state index contributed by atoms with van der Waals surface area (Å²) >= 11 is 8.21. The van der Waals surface area contributed by atoms with E-state index in [1.54, 1.807) is 6.20 Å². The van der Waals surface area contributed by atoms with E-state index in [1.165, 1.54) is 18.2 Å². The monoisotopic (exact) mass is 422 g/mol. The lowest BCUT2D eigenvalue weighted by Crippen LogP contribution is -2.23. The molecular weight excluding hydrogens is 404 g/mol. The minimum atomic E-state index is 0.700. The minimum absolute atomic E-state index is 0.700. The molecule has 8 heteroatoms. The molecule has 29 heavy (non-hydrogen) atoms. The van der Waals surface area contributed by atoms with E-state index in [9.17, 15) is 0 Å². The van der Waals surface area contributed by atoms with Gasteiger partial charge in [-0.1, -0.05) is 18.5 Å². The number of aromatic nitrogens is 5. The van der Waals surface area contributed by atoms with Crippen molar-refractivity contribution in [2.45, 2.75) is 29.8 Å². The summed E-state index contributed by atoms with van der Waals surface area (Å²) < 4.78 is 0. The first-order valence-corrected chi connectivity index (χ1v) is 11.1. The maximum absolute atomic E-state index is 6.70. The van der Waals surface area contributed by atoms with Crippen LogP contribution in [0.5, 0.6) is 0 Å². The normalized spacial score (nSPS) is 20.6. The highest BCUT2D eigenvalue weighted by Crippen LogP contribution is 2.48. The van der Waals surface area contributed by atoms with E-state index < -0.39 is 0 Å². The second-order valence-corrected chi connectivity index (χ2v) is 9.22. The standard InChI is InChI=1S/C21H19ClN6S/c1-2-14-18(22)17-19(25-14)26-21(27-20(17)28-9-11-6-12(11)10-28)29-13-7-16-15(24-8-13)4-3-5-23-16/h3-5,7-8,11-12H,2,6,9-10H2,1H3,(H,25,26,27)/t11-,12+. The number of hydrogen-bond acceptors (Lipinski definition) is 6. The number of anilines is 1. The first-order chi connectivity index (χ1) is 14.2. The zero-order valence-electron chi connectivity index (χ0n) is 15.9. The van der Waals surface area contributed by atoms with Gasteiger partial charge in [0.1, 0.15) is 11.5 Å². The molecule has 1 N–H and O–H groups in total. The van der Waals surface area contributed by atoms with E-state index in [2.05, 4.69) is 26.8 Å². The van der Waals surface area contributed by atoms with Crippen LogP contribution in [0.4, 0.5) is 5.82 Å². The van der Waals surface area contributed by atoms with Crippen LogP contribution in [0.25, 0.3) is 22.1 Å². The fraction of sp³-hybridized carbons (Fsp3) is 0.333. The third kappa shape index (κ3) is 2.95. The lowest BCUT2D eigenvalue weighted by atomic mass is 10.3. The van der Waals surface area contributed by atoms with Crippen molar-refractivity contribution in [3.8, 4) is 0 Å². The topological polar surface area (TPSA) is 70.6 Å². The molecule has 4 aromatic rings. The van der Waals surface area contributed by atoms with Crippen LogP contribution in [0.1, 0.15) is 19.0 Å². The Kier molecular flexibility index (Phi) is 3.96. The van der Waals surface area contributed by atoms with Gasteiger partial charge >= 0.3 is 0 Å². The van der Waals surface area contributed by atoms with Crippen molar-refractivity contribution >= 4 is 51.2 Å². The van der Waals surface area contributed by atoms with Gasteiger partial charge in [0.05, 0.1) is 21.4 Å². The maximum atomic E-state index is 6.70. The Bertz CT molecular complexity index is 1240. The molecule has 4 aromatic heterocycles. The predicted molar refractivity (Wildman–Crippen MR) is 116 cm³/mol. The molecule has 1 aliphatic heterocycles. The van der Waals surface area contributed by atoms with Gasteiger partial charge in [-0.05, 0) is 54.6 Å². The average Bonchev–Trinajstić information content (AvgIpc) is 3.21. The Hall–Kier alpha value is -2.38. The highest BCUT2D eigenvalue weighted by molar-refractivity contribution is 7.99. The Morgan fingerprint density at radius 2 is 2.07 bits per heavy atom. The number of halogens is 1. The first-order valence-electron chi connectivity index (χ1n) is 9.91. The van der Waals surface area contributed by atoms with Crippen molar-refractivity contribution in [2.75, 3.05) is 18.0 Å². The first kappa shape index (κ1) is 17.5. The Morgan fingerprint density at radius 3 is 2.90 bits per heavy atom. The molecule has 1 saturated heterocycles. The van der Waals surface area contributed by atoms with Gasteiger partial charge < -0.3 is 9.88 Å². The van der Waals surface area contributed by atoms with Crippen molar-refractivity contribution in [1.82, 2.24) is 24.9 Å². The molecule has 0 spiro atoms. The quantitative estimate of drug-likeness (QED) is 0.479. The van der Waals surface area contributed by atoms with Crippen LogP contribution in [0.3, 0.4) is 0 Å². The van der Waals surface area contributed by atoms with Gasteiger partial charge in [0.2, 0.25) is 0 Å². The zero-order valence-corrected chi connectivity index (χ0v) is 17.5. The second-order valence-electron chi connectivity index (χ2n) is 7.80. The van der Waals surface area contributed by atoms with Gasteiger partial charge in [-0.3, -0.25) is 9.97 Å². The second kappa shape index (κ2) is 6.57. The molecule has 6 nitrogen and oxygen atoms in total. The van der Waals surface area contributed by atoms with Crippen LogP contribution in [-0.2, 0) is 6.42 Å². The Labute approximate surface area is 177 Å². The van der Waals surface area contributed by atoms with Crippen molar-refractivity contribution in [3.63, 3.8) is 0 Å². The van der Waals surface area contributed by atoms with E-state index in [4.69, 9.17) is 21.6 Å². The number of H-pyrrole nitrogens is 1. The number of rotatable bonds is 4. The lowest BCUT2D eigenvalue weighted by molar-refractivity contribution is 0.796. The van der Waals surface area contributed by atoms with Gasteiger partial charge in [0, 0.05) is 36.1 Å². The fourth-order valence-electron chi connectivity index (χ4n) is 4.26. The van der Waals surface area contributed by atoms with Gasteiger partial charge in [-0.25, -0.2) is 9.97 Å². The Balaban J connectivity index is 1.44. The number of aryl methyl sites for hydroxylation is 1. The van der Waals surface area contributed by atoms with E-state index in [1.807, 2.05) is 24.4 Å². The van der Waals surface area contributed by atoms with Crippen LogP contribution in [0.2, 0.25) is 5.02 Å². The number of aromatic amines is 1. The Morgan fingerprint density at radius 1 is 1.21 bits per heavy atom. The zero-order chi connectivity index (χ0) is 19.5. The van der Waals surface area contributed by atoms with E-state index >= 15 is 0 Å². The van der Waals surface area contributed by atoms with Crippen molar-refractivity contribution in [2.24, 2.45) is 11.8 Å². The molecule has 0 aromatic carbocycles. The van der Waals surface area contributed by atoms with E-state index in [0.29, 0.717) is 5.16 Å². The summed E-state index contributed by atoms with van der Waals surface area (Å²) in [4.78, 5) is 25.4. The third-order valence-corrected chi connectivity index (χ3v) is 7.13. The molecule has 0 radical (unpaired) electrons. The van der Waals surface area contributed by atoms with E-state index in [-0.39, 0.29) is 0 Å². The highest BCUT2D eigenvalue weighted by atomic mass is 35.5. The lowest BCUT2D eigenvalue weighted by Gasteiger charge is -2.20. The van der Waals surface area contributed by atoms with Crippen LogP contribution in [-0.4, -0.2) is 38.0 Å². The summed E-state index contributed by atoms with van der Waals surface area (Å²) in [6.07, 6.45) is 5.82. The highest BCUT2D eigenvalue weighted by Gasteiger charge is 2.46. The smallest absolute Gasteiger partial charge is 0.196 e. The summed E-state index contributed by atoms with van der Waals surface area (Å²) in [6.45, 7) is 4.22. The summed E-state index contributed by atoms with van der Waals surface area (Å²) in [6, 6.07) is 5.89. The van der Waals surface area contributed by atoms with Crippen molar-refractivity contribution in [1.29, 1.82) is 0 Å². The van der Waals surface area contributed by atoms with Crippen molar-refractivity contribution < 1.29 is 0 Å². The number of piperidine rings is 1. The summed E-state index contributed by atoms with van der Waals surface area (Å²) in [5.74, 6) is 2.59. The van der Waals surface area contributed by atoms with Gasteiger partial charge in [0.15, 0.2) is 5.16 Å². The number of hydrogen-bond donors (Lipinski definition) is 1. The van der Waals surface area contributed by atoms with Crippen LogP contribution >= 0.6 is 23.4 Å². The summed E-state index contributed by atoms with van der Waals surface area (Å²) in [5, 5.41) is 2.41. The number of nitrogens with one attached hydrogen (secondary N) is 1. The summed E-state index contributed by atoms with van der Waals surface area (Å²) in [7, 11) is 0. The van der Waals surface area contributed by atoms with Crippen LogP contribution in [0, 0.1) is 11.8 Å². The van der Waals surface area contributed by atoms with E-state index in [0.717, 1.165) is 74.8 Å². The molecule has 2 aliphatic rings. The van der Waals surface area contributed by atoms with Crippen LogP contribution < -0.4 is 4.90 Å². The van der Waals surface area contributed by atoms with Gasteiger partial charge in [-0.15, -0.1) is 0 Å². The van der Waals surface area contributed by atoms with Gasteiger partial charge in [-0.2, -0.15) is 0 Å². The maximum Gasteiger partial charge on any atom is 0.196 e. The SMILES string of the molecule is CCc1[nH]c2nc(Sc3cnc4cccnc4c3)nc(N3C[C@H]4C[C@H]4C3)c2c1Cl. The predicted octanol–water partition coefficient (Wildman–Crippen LogP) is 4.72. The summed E-state index contributed by atoms with van der Waals surface area (Å²) in [5.41, 5.74) is 3.58. The van der Waals surface area contributed by atoms with Crippen LogP contribution in [0.15, 0.2) is 40.6 Å².